The number of hydrogen-bond donors (Lipinski definition) is 0. The van der Waals surface area contributed by atoms with Gasteiger partial charge in [-0.05, 0) is 154 Å². The van der Waals surface area contributed by atoms with E-state index in [1.165, 1.54) is 87.9 Å². The molecule has 4 nitrogen and oxygen atoms in total. The van der Waals surface area contributed by atoms with Gasteiger partial charge in [0, 0.05) is 4.47 Å². The van der Waals surface area contributed by atoms with Gasteiger partial charge in [-0.15, -0.1) is 0 Å². The molecule has 0 N–H and O–H groups in total. The van der Waals surface area contributed by atoms with E-state index in [0.717, 1.165) is 5.46 Å². The lowest BCUT2D eigenvalue weighted by Crippen LogP contribution is -2.41. The lowest BCUT2D eigenvalue weighted by molar-refractivity contribution is 0.00578. The van der Waals surface area contributed by atoms with E-state index >= 15 is 0 Å². The summed E-state index contributed by atoms with van der Waals surface area (Å²) in [5, 5.41) is 15.8. The van der Waals surface area contributed by atoms with Crippen LogP contribution in [0.25, 0.3) is 64.6 Å². The van der Waals surface area contributed by atoms with E-state index < -0.39 is 0 Å². The fraction of sp³-hybridized carbons (Fsp3) is 0.385. The van der Waals surface area contributed by atoms with E-state index in [9.17, 15) is 0 Å². The second-order valence-electron chi connectivity index (χ2n) is 20.8. The highest BCUT2D eigenvalue weighted by molar-refractivity contribution is 9.10. The van der Waals surface area contributed by atoms with Gasteiger partial charge in [-0.3, -0.25) is 0 Å². The van der Waals surface area contributed by atoms with Crippen molar-refractivity contribution in [3.8, 4) is 0 Å². The molecule has 0 amide bonds. The summed E-state index contributed by atoms with van der Waals surface area (Å²) in [7, 11) is 1.06. The van der Waals surface area contributed by atoms with Gasteiger partial charge >= 0.3 is 14.8 Å². The largest absolute Gasteiger partial charge is 0.495 e. The molecule has 303 valence electrons. The molecule has 0 atom stereocenters. The lowest BCUT2D eigenvalue weighted by Gasteiger charge is -2.32. The topological polar surface area (TPSA) is 36.9 Å². The van der Waals surface area contributed by atoms with Gasteiger partial charge in [0.05, 0.1) is 22.4 Å². The van der Waals surface area contributed by atoms with Crippen molar-refractivity contribution in [1.29, 1.82) is 0 Å². The Bertz CT molecular complexity index is 2790. The van der Waals surface area contributed by atoms with Crippen LogP contribution in [0.3, 0.4) is 0 Å². The third-order valence-corrected chi connectivity index (χ3v) is 14.2. The highest BCUT2D eigenvalue weighted by atomic mass is 79.9. The van der Waals surface area contributed by atoms with Crippen molar-refractivity contribution in [2.24, 2.45) is 0 Å². The molecule has 0 aromatic heterocycles. The molecule has 10 rings (SSSR count). The number of benzene rings is 8. The highest BCUT2D eigenvalue weighted by Gasteiger charge is 2.52. The van der Waals surface area contributed by atoms with Crippen LogP contribution in [0.15, 0.2) is 102 Å². The Labute approximate surface area is 360 Å². The van der Waals surface area contributed by atoms with E-state index in [1.807, 2.05) is 27.7 Å². The smallest absolute Gasteiger partial charge is 0.405 e. The third kappa shape index (κ3) is 7.33. The van der Waals surface area contributed by atoms with Gasteiger partial charge in [0.15, 0.2) is 0 Å². The molecular formula is C52H58B2BrO4. The molecule has 2 aliphatic heterocycles. The molecule has 2 fully saturated rings. The van der Waals surface area contributed by atoms with E-state index in [4.69, 9.17) is 18.6 Å². The van der Waals surface area contributed by atoms with Crippen molar-refractivity contribution >= 4 is 101 Å². The minimum absolute atomic E-state index is 0.123. The van der Waals surface area contributed by atoms with Crippen molar-refractivity contribution < 1.29 is 18.6 Å². The summed E-state index contributed by atoms with van der Waals surface area (Å²) in [6.07, 6.45) is 0. The van der Waals surface area contributed by atoms with Crippen molar-refractivity contribution in [2.75, 3.05) is 0 Å². The predicted octanol–water partition coefficient (Wildman–Crippen LogP) is 13.9. The van der Waals surface area contributed by atoms with Crippen LogP contribution in [0.4, 0.5) is 0 Å². The molecule has 2 aliphatic rings. The summed E-state index contributed by atoms with van der Waals surface area (Å²) in [5.41, 5.74) is 3.11. The summed E-state index contributed by atoms with van der Waals surface area (Å²) < 4.78 is 24.4. The monoisotopic (exact) mass is 847 g/mol. The van der Waals surface area contributed by atoms with Gasteiger partial charge in [0.1, 0.15) is 0 Å². The first-order chi connectivity index (χ1) is 27.4. The second kappa shape index (κ2) is 14.2. The van der Waals surface area contributed by atoms with Gasteiger partial charge in [0.25, 0.3) is 0 Å². The summed E-state index contributed by atoms with van der Waals surface area (Å²) >= 11 is 3.69. The van der Waals surface area contributed by atoms with E-state index in [1.54, 1.807) is 0 Å². The van der Waals surface area contributed by atoms with Gasteiger partial charge in [0.2, 0.25) is 0 Å². The SMILES string of the molecule is CC(C)(C)c1cc2ccc3ccc(B4OC(C)(C)C(C)(C)O4)c4ccc(c1)c2c34.CC(C)(C)c1cc2ccc3ccc(Br)c4ccc(c1)c2c34.CC1(C)O[B]OC1(C)C. The van der Waals surface area contributed by atoms with Crippen LogP contribution in [-0.4, -0.2) is 37.2 Å². The lowest BCUT2D eigenvalue weighted by atomic mass is 9.74. The quantitative estimate of drug-likeness (QED) is 0.122. The molecule has 0 aliphatic carbocycles. The first kappa shape index (κ1) is 42.0. The van der Waals surface area contributed by atoms with Gasteiger partial charge < -0.3 is 18.6 Å². The normalized spacial score (nSPS) is 18.5. The molecule has 0 unspecified atom stereocenters. The molecule has 0 spiro atoms. The minimum Gasteiger partial charge on any atom is -0.405 e. The fourth-order valence-corrected chi connectivity index (χ4v) is 8.68. The summed E-state index contributed by atoms with van der Waals surface area (Å²) in [6, 6.07) is 36.1. The van der Waals surface area contributed by atoms with Crippen molar-refractivity contribution in [2.45, 2.75) is 130 Å². The van der Waals surface area contributed by atoms with Crippen LogP contribution >= 0.6 is 15.9 Å². The van der Waals surface area contributed by atoms with Crippen LogP contribution in [0.1, 0.15) is 108 Å². The van der Waals surface area contributed by atoms with E-state index in [0.29, 0.717) is 0 Å². The molecule has 8 aromatic rings. The molecule has 8 aromatic carbocycles. The highest BCUT2D eigenvalue weighted by Crippen LogP contribution is 2.42. The Morgan fingerprint density at radius 2 is 0.797 bits per heavy atom. The van der Waals surface area contributed by atoms with Crippen LogP contribution in [-0.2, 0) is 29.4 Å². The van der Waals surface area contributed by atoms with Crippen LogP contribution in [0, 0.1) is 0 Å². The molecule has 2 heterocycles. The van der Waals surface area contributed by atoms with Gasteiger partial charge in [-0.1, -0.05) is 148 Å². The first-order valence-corrected chi connectivity index (χ1v) is 21.8. The molecular weight excluding hydrogens is 790 g/mol. The zero-order valence-corrected chi connectivity index (χ0v) is 39.0. The van der Waals surface area contributed by atoms with Gasteiger partial charge in [-0.25, -0.2) is 0 Å². The molecule has 2 saturated heterocycles. The number of rotatable bonds is 1. The summed E-state index contributed by atoms with van der Waals surface area (Å²) in [4.78, 5) is 0. The average Bonchev–Trinajstić information content (AvgIpc) is 3.54. The summed E-state index contributed by atoms with van der Waals surface area (Å²) in [6.45, 7) is 30.1. The van der Waals surface area contributed by atoms with Crippen molar-refractivity contribution in [3.05, 3.63) is 113 Å². The van der Waals surface area contributed by atoms with E-state index in [2.05, 4.69) is 182 Å². The Morgan fingerprint density at radius 3 is 1.20 bits per heavy atom. The summed E-state index contributed by atoms with van der Waals surface area (Å²) in [5.74, 6) is 0. The maximum absolute atomic E-state index is 6.38. The Hall–Kier alpha value is -3.71. The fourth-order valence-electron chi connectivity index (χ4n) is 8.22. The maximum Gasteiger partial charge on any atom is 0.495 e. The molecule has 59 heavy (non-hydrogen) atoms. The van der Waals surface area contributed by atoms with Crippen LogP contribution in [0.2, 0.25) is 0 Å². The number of halogens is 1. The predicted molar refractivity (Wildman–Crippen MR) is 257 cm³/mol. The Morgan fingerprint density at radius 1 is 0.441 bits per heavy atom. The minimum atomic E-state index is -0.352. The second-order valence-corrected chi connectivity index (χ2v) is 21.6. The Balaban J connectivity index is 0.000000140. The molecule has 1 radical (unpaired) electrons. The first-order valence-electron chi connectivity index (χ1n) is 21.0. The van der Waals surface area contributed by atoms with E-state index in [-0.39, 0.29) is 40.4 Å². The van der Waals surface area contributed by atoms with Crippen molar-refractivity contribution in [3.63, 3.8) is 0 Å². The van der Waals surface area contributed by atoms with Crippen LogP contribution in [0.5, 0.6) is 0 Å². The zero-order valence-electron chi connectivity index (χ0n) is 37.4. The zero-order chi connectivity index (χ0) is 42.7. The number of hydrogen-bond acceptors (Lipinski definition) is 4. The average molecular weight is 849 g/mol. The molecule has 0 saturated carbocycles. The standard InChI is InChI=1S/C26H29BO2.C20H17Br.C6H12BO2/c1-24(2,3)19-14-17-9-8-16-11-13-21(27-28-25(4,5)26(6,7)29-27)20-12-10-18(15-19)22(17)23(16)20;1-20(2,3)15-10-13-5-4-12-7-9-17(21)16-8-6-14(11-15)18(13)19(12)16;1-5(2)6(3,4)9-7-8-5/h8-15H,1-7H3;4-11H,1-3H3;1-4H3. The van der Waals surface area contributed by atoms with Gasteiger partial charge in [-0.2, -0.15) is 0 Å². The molecule has 7 heteroatoms. The molecule has 0 bridgehead atoms. The third-order valence-electron chi connectivity index (χ3n) is 13.6. The van der Waals surface area contributed by atoms with Crippen molar-refractivity contribution in [1.82, 2.24) is 0 Å². The van der Waals surface area contributed by atoms with Crippen LogP contribution < -0.4 is 5.46 Å². The Kier molecular flexibility index (Phi) is 10.1. The maximum atomic E-state index is 6.38.